The number of benzene rings is 1. The van der Waals surface area contributed by atoms with Crippen molar-refractivity contribution in [3.8, 4) is 5.75 Å². The maximum Gasteiger partial charge on any atom is 0.320 e. The van der Waals surface area contributed by atoms with E-state index in [2.05, 4.69) is 10.2 Å². The second-order valence-corrected chi connectivity index (χ2v) is 6.32. The van der Waals surface area contributed by atoms with Crippen LogP contribution in [0, 0.1) is 5.82 Å². The van der Waals surface area contributed by atoms with Crippen molar-refractivity contribution in [3.05, 3.63) is 24.0 Å². The molecule has 0 saturated carbocycles. The summed E-state index contributed by atoms with van der Waals surface area (Å²) >= 11 is 0. The summed E-state index contributed by atoms with van der Waals surface area (Å²) in [5, 5.41) is 11.9. The molecule has 0 bridgehead atoms. The smallest absolute Gasteiger partial charge is 0.320 e. The highest BCUT2D eigenvalue weighted by Crippen LogP contribution is 2.25. The number of halogens is 1. The number of carbonyl (C=O) groups is 2. The van der Waals surface area contributed by atoms with Crippen molar-refractivity contribution in [2.45, 2.75) is 24.9 Å². The molecule has 0 aromatic heterocycles. The quantitative estimate of drug-likeness (QED) is 0.831. The minimum Gasteiger partial charge on any atom is -0.494 e. The summed E-state index contributed by atoms with van der Waals surface area (Å²) in [5.74, 6) is -1.16. The Balaban J connectivity index is 1.57. The lowest BCUT2D eigenvalue weighted by atomic mass is 10.1. The molecule has 2 aliphatic rings. The van der Waals surface area contributed by atoms with Crippen LogP contribution in [0.1, 0.15) is 12.8 Å². The SMILES string of the molecule is COc1cc(N2CCN(C(=O)[C@H]3CC[C@@H](C(=O)O)N3)CC2)ccc1F. The van der Waals surface area contributed by atoms with Crippen molar-refractivity contribution in [2.24, 2.45) is 0 Å². The summed E-state index contributed by atoms with van der Waals surface area (Å²) in [5.41, 5.74) is 0.857. The molecule has 0 radical (unpaired) electrons. The maximum atomic E-state index is 13.5. The van der Waals surface area contributed by atoms with Gasteiger partial charge in [-0.05, 0) is 25.0 Å². The Morgan fingerprint density at radius 3 is 2.48 bits per heavy atom. The fraction of sp³-hybridized carbons (Fsp3) is 0.529. The zero-order valence-corrected chi connectivity index (χ0v) is 14.1. The highest BCUT2D eigenvalue weighted by molar-refractivity contribution is 5.84. The number of carboxylic acid groups (broad SMARTS) is 1. The third-order valence-electron chi connectivity index (χ3n) is 4.83. The molecule has 136 valence electrons. The first-order chi connectivity index (χ1) is 12.0. The number of hydrogen-bond donors (Lipinski definition) is 2. The van der Waals surface area contributed by atoms with E-state index in [4.69, 9.17) is 9.84 Å². The molecule has 3 rings (SSSR count). The Hall–Kier alpha value is -2.35. The maximum absolute atomic E-state index is 13.5. The van der Waals surface area contributed by atoms with Gasteiger partial charge in [0.05, 0.1) is 13.2 Å². The lowest BCUT2D eigenvalue weighted by Crippen LogP contribution is -2.54. The summed E-state index contributed by atoms with van der Waals surface area (Å²) in [6.45, 7) is 2.37. The Morgan fingerprint density at radius 1 is 1.20 bits per heavy atom. The molecule has 1 aromatic rings. The monoisotopic (exact) mass is 351 g/mol. The van der Waals surface area contributed by atoms with E-state index in [9.17, 15) is 14.0 Å². The van der Waals surface area contributed by atoms with Gasteiger partial charge in [0.15, 0.2) is 11.6 Å². The van der Waals surface area contributed by atoms with E-state index in [1.165, 1.54) is 13.2 Å². The molecule has 1 amide bonds. The van der Waals surface area contributed by atoms with Crippen LogP contribution in [0.25, 0.3) is 0 Å². The standard InChI is InChI=1S/C17H22FN3O4/c1-25-15-10-11(2-3-12(15)18)20-6-8-21(9-7-20)16(22)13-4-5-14(19-13)17(23)24/h2-3,10,13-14,19H,4-9H2,1H3,(H,23,24)/t13-,14+/m1/s1. The molecule has 2 N–H and O–H groups in total. The Bertz CT molecular complexity index is 661. The third-order valence-corrected chi connectivity index (χ3v) is 4.83. The lowest BCUT2D eigenvalue weighted by Gasteiger charge is -2.37. The number of methoxy groups -OCH3 is 1. The number of nitrogens with zero attached hydrogens (tertiary/aromatic N) is 2. The van der Waals surface area contributed by atoms with Gasteiger partial charge in [-0.1, -0.05) is 0 Å². The number of carboxylic acids is 1. The number of piperazine rings is 1. The average molecular weight is 351 g/mol. The summed E-state index contributed by atoms with van der Waals surface area (Å²) in [6, 6.07) is 3.68. The van der Waals surface area contributed by atoms with Gasteiger partial charge in [0.1, 0.15) is 6.04 Å². The summed E-state index contributed by atoms with van der Waals surface area (Å²) in [4.78, 5) is 27.4. The van der Waals surface area contributed by atoms with E-state index in [0.29, 0.717) is 39.0 Å². The van der Waals surface area contributed by atoms with Crippen LogP contribution < -0.4 is 15.0 Å². The third kappa shape index (κ3) is 3.68. The van der Waals surface area contributed by atoms with Crippen LogP contribution in [0.2, 0.25) is 0 Å². The fourth-order valence-corrected chi connectivity index (χ4v) is 3.38. The zero-order chi connectivity index (χ0) is 18.0. The zero-order valence-electron chi connectivity index (χ0n) is 14.1. The normalized spacial score (nSPS) is 23.6. The average Bonchev–Trinajstić information content (AvgIpc) is 3.12. The largest absolute Gasteiger partial charge is 0.494 e. The lowest BCUT2D eigenvalue weighted by molar-refractivity contribution is -0.139. The Labute approximate surface area is 145 Å². The number of hydrogen-bond acceptors (Lipinski definition) is 5. The molecule has 0 spiro atoms. The molecule has 2 fully saturated rings. The predicted octanol–water partition coefficient (Wildman–Crippen LogP) is 0.688. The fourth-order valence-electron chi connectivity index (χ4n) is 3.38. The van der Waals surface area contributed by atoms with E-state index >= 15 is 0 Å². The van der Waals surface area contributed by atoms with Crippen LogP contribution in [0.15, 0.2) is 18.2 Å². The van der Waals surface area contributed by atoms with Gasteiger partial charge in [0.25, 0.3) is 0 Å². The number of ether oxygens (including phenoxy) is 1. The van der Waals surface area contributed by atoms with Gasteiger partial charge in [0.2, 0.25) is 5.91 Å². The van der Waals surface area contributed by atoms with Gasteiger partial charge in [-0.15, -0.1) is 0 Å². The van der Waals surface area contributed by atoms with Gasteiger partial charge in [-0.3, -0.25) is 14.9 Å². The van der Waals surface area contributed by atoms with Crippen LogP contribution in [0.4, 0.5) is 10.1 Å². The highest BCUT2D eigenvalue weighted by atomic mass is 19.1. The molecule has 8 heteroatoms. The highest BCUT2D eigenvalue weighted by Gasteiger charge is 2.36. The predicted molar refractivity (Wildman–Crippen MR) is 89.3 cm³/mol. The molecule has 2 heterocycles. The first kappa shape index (κ1) is 17.5. The second-order valence-electron chi connectivity index (χ2n) is 6.32. The minimum absolute atomic E-state index is 0.0416. The molecule has 2 atom stereocenters. The van der Waals surface area contributed by atoms with Gasteiger partial charge in [-0.2, -0.15) is 0 Å². The van der Waals surface area contributed by atoms with Gasteiger partial charge >= 0.3 is 5.97 Å². The topological polar surface area (TPSA) is 82.1 Å². The van der Waals surface area contributed by atoms with Gasteiger partial charge < -0.3 is 19.6 Å². The molecule has 25 heavy (non-hydrogen) atoms. The number of carbonyl (C=O) groups excluding carboxylic acids is 1. The van der Waals surface area contributed by atoms with Crippen LogP contribution >= 0.6 is 0 Å². The van der Waals surface area contributed by atoms with Gasteiger partial charge in [0, 0.05) is 37.9 Å². The summed E-state index contributed by atoms with van der Waals surface area (Å²) in [6.07, 6.45) is 1.02. The number of aliphatic carboxylic acids is 1. The molecule has 7 nitrogen and oxygen atoms in total. The number of nitrogens with one attached hydrogen (secondary N) is 1. The number of anilines is 1. The minimum atomic E-state index is -0.912. The van der Waals surface area contributed by atoms with E-state index in [0.717, 1.165) is 5.69 Å². The second kappa shape index (κ2) is 7.26. The Morgan fingerprint density at radius 2 is 1.88 bits per heavy atom. The first-order valence-electron chi connectivity index (χ1n) is 8.35. The molecular formula is C17H22FN3O4. The number of amides is 1. The van der Waals surface area contributed by atoms with E-state index in [1.807, 2.05) is 0 Å². The van der Waals surface area contributed by atoms with Gasteiger partial charge in [-0.25, -0.2) is 4.39 Å². The van der Waals surface area contributed by atoms with Crippen molar-refractivity contribution in [1.29, 1.82) is 0 Å². The van der Waals surface area contributed by atoms with E-state index in [-0.39, 0.29) is 11.7 Å². The molecular weight excluding hydrogens is 329 g/mol. The van der Waals surface area contributed by atoms with Crippen LogP contribution in [0.3, 0.4) is 0 Å². The van der Waals surface area contributed by atoms with Crippen LogP contribution in [-0.2, 0) is 9.59 Å². The van der Waals surface area contributed by atoms with Crippen molar-refractivity contribution >= 4 is 17.6 Å². The molecule has 1 aromatic carbocycles. The molecule has 0 aliphatic carbocycles. The Kier molecular flexibility index (Phi) is 5.08. The van der Waals surface area contributed by atoms with E-state index < -0.39 is 23.9 Å². The van der Waals surface area contributed by atoms with Crippen LogP contribution in [-0.4, -0.2) is 67.3 Å². The molecule has 2 saturated heterocycles. The molecule has 2 aliphatic heterocycles. The van der Waals surface area contributed by atoms with E-state index in [1.54, 1.807) is 17.0 Å². The van der Waals surface area contributed by atoms with Crippen molar-refractivity contribution < 1.29 is 23.8 Å². The number of rotatable bonds is 4. The van der Waals surface area contributed by atoms with Crippen molar-refractivity contribution in [3.63, 3.8) is 0 Å². The van der Waals surface area contributed by atoms with Crippen LogP contribution in [0.5, 0.6) is 5.75 Å². The summed E-state index contributed by atoms with van der Waals surface area (Å²) < 4.78 is 18.5. The first-order valence-corrected chi connectivity index (χ1v) is 8.35. The van der Waals surface area contributed by atoms with Crippen molar-refractivity contribution in [2.75, 3.05) is 38.2 Å². The summed E-state index contributed by atoms with van der Waals surface area (Å²) in [7, 11) is 1.43. The molecule has 0 unspecified atom stereocenters. The van der Waals surface area contributed by atoms with Crippen molar-refractivity contribution in [1.82, 2.24) is 10.2 Å².